The van der Waals surface area contributed by atoms with Crippen molar-refractivity contribution in [1.29, 1.82) is 5.26 Å². The normalized spacial score (nSPS) is 9.78. The third kappa shape index (κ3) is 2.86. The van der Waals surface area contributed by atoms with Crippen LogP contribution in [0.2, 0.25) is 0 Å². The topological polar surface area (TPSA) is 27.0 Å². The molecule has 0 N–H and O–H groups in total. The molecule has 0 aliphatic rings. The van der Waals surface area contributed by atoms with Crippen molar-refractivity contribution in [2.45, 2.75) is 6.54 Å². The first-order valence-corrected chi connectivity index (χ1v) is 5.71. The van der Waals surface area contributed by atoms with E-state index in [-0.39, 0.29) is 12.4 Å². The lowest BCUT2D eigenvalue weighted by Gasteiger charge is -2.22. The Kier molecular flexibility index (Phi) is 3.93. The molecule has 0 aliphatic carbocycles. The molecule has 0 heterocycles. The van der Waals surface area contributed by atoms with Crippen LogP contribution in [0.3, 0.4) is 0 Å². The number of nitrogens with zero attached hydrogens (tertiary/aromatic N) is 2. The van der Waals surface area contributed by atoms with Crippen molar-refractivity contribution in [3.8, 4) is 6.07 Å². The molecular formula is C15H13FN2. The predicted molar refractivity (Wildman–Crippen MR) is 69.5 cm³/mol. The van der Waals surface area contributed by atoms with Gasteiger partial charge in [0.15, 0.2) is 0 Å². The number of rotatable bonds is 4. The Morgan fingerprint density at radius 1 is 1.00 bits per heavy atom. The molecule has 0 bridgehead atoms. The summed E-state index contributed by atoms with van der Waals surface area (Å²) >= 11 is 0. The molecule has 0 saturated carbocycles. The van der Waals surface area contributed by atoms with Gasteiger partial charge in [-0.05, 0) is 18.2 Å². The third-order valence-corrected chi connectivity index (χ3v) is 2.70. The number of anilines is 1. The Morgan fingerprint density at radius 3 is 2.33 bits per heavy atom. The van der Waals surface area contributed by atoms with Crippen molar-refractivity contribution in [2.75, 3.05) is 11.4 Å². The van der Waals surface area contributed by atoms with Gasteiger partial charge in [0.1, 0.15) is 12.4 Å². The zero-order chi connectivity index (χ0) is 12.8. The number of halogens is 1. The van der Waals surface area contributed by atoms with Gasteiger partial charge < -0.3 is 4.90 Å². The van der Waals surface area contributed by atoms with Gasteiger partial charge in [0.25, 0.3) is 0 Å². The van der Waals surface area contributed by atoms with Gasteiger partial charge in [0.05, 0.1) is 6.07 Å². The largest absolute Gasteiger partial charge is 0.354 e. The van der Waals surface area contributed by atoms with Crippen LogP contribution < -0.4 is 4.90 Å². The highest BCUT2D eigenvalue weighted by atomic mass is 19.1. The zero-order valence-corrected chi connectivity index (χ0v) is 9.88. The van der Waals surface area contributed by atoms with Gasteiger partial charge in [-0.2, -0.15) is 5.26 Å². The summed E-state index contributed by atoms with van der Waals surface area (Å²) in [5, 5.41) is 8.86. The van der Waals surface area contributed by atoms with E-state index >= 15 is 0 Å². The van der Waals surface area contributed by atoms with Gasteiger partial charge in [-0.25, -0.2) is 4.39 Å². The highest BCUT2D eigenvalue weighted by Crippen LogP contribution is 2.17. The first-order chi connectivity index (χ1) is 8.81. The molecule has 0 fully saturated rings. The van der Waals surface area contributed by atoms with E-state index in [4.69, 9.17) is 5.26 Å². The average molecular weight is 240 g/mol. The second-order valence-corrected chi connectivity index (χ2v) is 3.94. The van der Waals surface area contributed by atoms with Crippen LogP contribution in [0.5, 0.6) is 0 Å². The molecule has 90 valence electrons. The minimum Gasteiger partial charge on any atom is -0.354 e. The molecule has 0 aromatic heterocycles. The number of nitriles is 1. The van der Waals surface area contributed by atoms with Gasteiger partial charge in [0, 0.05) is 17.8 Å². The lowest BCUT2D eigenvalue weighted by Crippen LogP contribution is -2.23. The van der Waals surface area contributed by atoms with E-state index in [9.17, 15) is 4.39 Å². The summed E-state index contributed by atoms with van der Waals surface area (Å²) in [6.45, 7) is 0.628. The fourth-order valence-electron chi connectivity index (χ4n) is 1.79. The summed E-state index contributed by atoms with van der Waals surface area (Å²) < 4.78 is 13.6. The van der Waals surface area contributed by atoms with Crippen LogP contribution in [0.1, 0.15) is 5.56 Å². The van der Waals surface area contributed by atoms with Gasteiger partial charge in [-0.15, -0.1) is 0 Å². The van der Waals surface area contributed by atoms with Crippen LogP contribution in [0.15, 0.2) is 54.6 Å². The zero-order valence-electron chi connectivity index (χ0n) is 9.88. The summed E-state index contributed by atoms with van der Waals surface area (Å²) in [4.78, 5) is 1.85. The number of para-hydroxylation sites is 1. The van der Waals surface area contributed by atoms with Crippen molar-refractivity contribution in [3.05, 3.63) is 66.0 Å². The van der Waals surface area contributed by atoms with E-state index in [1.165, 1.54) is 6.07 Å². The van der Waals surface area contributed by atoms with E-state index < -0.39 is 0 Å². The standard InChI is InChI=1S/C15H13FN2/c16-15-9-5-4-6-13(15)12-18(11-10-17)14-7-2-1-3-8-14/h1-9H,11-12H2. The maximum absolute atomic E-state index is 13.6. The summed E-state index contributed by atoms with van der Waals surface area (Å²) in [5.41, 5.74) is 1.51. The molecular weight excluding hydrogens is 227 g/mol. The maximum Gasteiger partial charge on any atom is 0.128 e. The molecule has 0 amide bonds. The maximum atomic E-state index is 13.6. The molecule has 0 aliphatic heterocycles. The van der Waals surface area contributed by atoms with Gasteiger partial charge >= 0.3 is 0 Å². The molecule has 0 spiro atoms. The average Bonchev–Trinajstić information content (AvgIpc) is 2.42. The lowest BCUT2D eigenvalue weighted by molar-refractivity contribution is 0.606. The minimum absolute atomic E-state index is 0.234. The Bertz CT molecular complexity index is 546. The molecule has 2 nitrogen and oxygen atoms in total. The Morgan fingerprint density at radius 2 is 1.67 bits per heavy atom. The molecule has 18 heavy (non-hydrogen) atoms. The number of benzene rings is 2. The fourth-order valence-corrected chi connectivity index (χ4v) is 1.79. The molecule has 2 rings (SSSR count). The summed E-state index contributed by atoms with van der Waals surface area (Å²) in [6.07, 6.45) is 0. The fraction of sp³-hybridized carbons (Fsp3) is 0.133. The highest BCUT2D eigenvalue weighted by Gasteiger charge is 2.09. The van der Waals surface area contributed by atoms with Gasteiger partial charge in [-0.1, -0.05) is 36.4 Å². The molecule has 0 saturated heterocycles. The second kappa shape index (κ2) is 5.83. The highest BCUT2D eigenvalue weighted by molar-refractivity contribution is 5.47. The quantitative estimate of drug-likeness (QED) is 0.766. The molecule has 0 unspecified atom stereocenters. The van der Waals surface area contributed by atoms with Crippen LogP contribution >= 0.6 is 0 Å². The first-order valence-electron chi connectivity index (χ1n) is 5.71. The summed E-state index contributed by atoms with van der Waals surface area (Å²) in [6, 6.07) is 18.3. The Labute approximate surface area is 106 Å². The van der Waals surface area contributed by atoms with E-state index in [2.05, 4.69) is 6.07 Å². The van der Waals surface area contributed by atoms with E-state index in [1.807, 2.05) is 35.2 Å². The van der Waals surface area contributed by atoms with Crippen molar-refractivity contribution < 1.29 is 4.39 Å². The van der Waals surface area contributed by atoms with Crippen molar-refractivity contribution in [3.63, 3.8) is 0 Å². The van der Waals surface area contributed by atoms with Gasteiger partial charge in [0.2, 0.25) is 0 Å². The van der Waals surface area contributed by atoms with Gasteiger partial charge in [-0.3, -0.25) is 0 Å². The lowest BCUT2D eigenvalue weighted by atomic mass is 10.2. The third-order valence-electron chi connectivity index (χ3n) is 2.70. The number of hydrogen-bond acceptors (Lipinski definition) is 2. The summed E-state index contributed by atoms with van der Waals surface area (Å²) in [5.74, 6) is -0.239. The molecule has 2 aromatic rings. The first kappa shape index (κ1) is 12.1. The number of hydrogen-bond donors (Lipinski definition) is 0. The van der Waals surface area contributed by atoms with Crippen molar-refractivity contribution >= 4 is 5.69 Å². The monoisotopic (exact) mass is 240 g/mol. The van der Waals surface area contributed by atoms with Crippen molar-refractivity contribution in [1.82, 2.24) is 0 Å². The van der Waals surface area contributed by atoms with Crippen LogP contribution in [0.25, 0.3) is 0 Å². The van der Waals surface area contributed by atoms with Crippen LogP contribution in [-0.4, -0.2) is 6.54 Å². The predicted octanol–water partition coefficient (Wildman–Crippen LogP) is 3.36. The smallest absolute Gasteiger partial charge is 0.128 e. The summed E-state index contributed by atoms with van der Waals surface area (Å²) in [7, 11) is 0. The second-order valence-electron chi connectivity index (χ2n) is 3.94. The van der Waals surface area contributed by atoms with E-state index in [0.29, 0.717) is 12.1 Å². The SMILES string of the molecule is N#CCN(Cc1ccccc1F)c1ccccc1. The molecule has 2 aromatic carbocycles. The van der Waals surface area contributed by atoms with Crippen LogP contribution in [0.4, 0.5) is 10.1 Å². The van der Waals surface area contributed by atoms with Crippen LogP contribution in [-0.2, 0) is 6.54 Å². The molecule has 0 atom stereocenters. The minimum atomic E-state index is -0.239. The van der Waals surface area contributed by atoms with Crippen LogP contribution in [0, 0.1) is 17.1 Å². The van der Waals surface area contributed by atoms with E-state index in [1.54, 1.807) is 18.2 Å². The van der Waals surface area contributed by atoms with Crippen molar-refractivity contribution in [2.24, 2.45) is 0 Å². The molecule has 3 heteroatoms. The molecule has 0 radical (unpaired) electrons. The Balaban J connectivity index is 2.23. The Hall–Kier alpha value is -2.34. The van der Waals surface area contributed by atoms with E-state index in [0.717, 1.165) is 5.69 Å².